The first kappa shape index (κ1) is 11.5. The number of carboxylic acids is 1. The Labute approximate surface area is 83.3 Å². The molecule has 15 heavy (non-hydrogen) atoms. The van der Waals surface area contributed by atoms with E-state index in [4.69, 9.17) is 10.8 Å². The van der Waals surface area contributed by atoms with Crippen LogP contribution in [-0.2, 0) is 12.7 Å². The van der Waals surface area contributed by atoms with Crippen LogP contribution in [0.1, 0.15) is 21.5 Å². The average Bonchev–Trinajstić information content (AvgIpc) is 2.15. The van der Waals surface area contributed by atoms with E-state index in [1.165, 1.54) is 0 Å². The number of aromatic carboxylic acids is 1. The van der Waals surface area contributed by atoms with E-state index in [0.29, 0.717) is 6.07 Å². The fourth-order valence-corrected chi connectivity index (χ4v) is 1.13. The second kappa shape index (κ2) is 3.90. The highest BCUT2D eigenvalue weighted by atomic mass is 19.4. The van der Waals surface area contributed by atoms with Gasteiger partial charge in [0.05, 0.1) is 11.1 Å². The Bertz CT molecular complexity index is 387. The van der Waals surface area contributed by atoms with Crippen LogP contribution >= 0.6 is 0 Å². The number of benzene rings is 1. The molecule has 3 nitrogen and oxygen atoms in total. The van der Waals surface area contributed by atoms with E-state index in [1.54, 1.807) is 0 Å². The van der Waals surface area contributed by atoms with Gasteiger partial charge in [0.1, 0.15) is 0 Å². The minimum absolute atomic E-state index is 0.111. The maximum atomic E-state index is 12.2. The molecule has 82 valence electrons. The van der Waals surface area contributed by atoms with Gasteiger partial charge in [0.2, 0.25) is 0 Å². The quantitative estimate of drug-likeness (QED) is 0.797. The summed E-state index contributed by atoms with van der Waals surface area (Å²) < 4.78 is 36.7. The molecule has 1 aromatic rings. The van der Waals surface area contributed by atoms with Crippen LogP contribution in [0.25, 0.3) is 0 Å². The minimum Gasteiger partial charge on any atom is -0.478 e. The predicted molar refractivity (Wildman–Crippen MR) is 46.3 cm³/mol. The van der Waals surface area contributed by atoms with Crippen LogP contribution in [0, 0.1) is 0 Å². The first-order chi connectivity index (χ1) is 6.86. The second-order valence-corrected chi connectivity index (χ2v) is 2.88. The van der Waals surface area contributed by atoms with Gasteiger partial charge in [-0.25, -0.2) is 4.79 Å². The average molecular weight is 219 g/mol. The lowest BCUT2D eigenvalue weighted by atomic mass is 10.0. The molecule has 1 rings (SSSR count). The van der Waals surface area contributed by atoms with Crippen LogP contribution in [0.2, 0.25) is 0 Å². The molecule has 0 atom stereocenters. The van der Waals surface area contributed by atoms with Gasteiger partial charge in [0.25, 0.3) is 0 Å². The highest BCUT2D eigenvalue weighted by Crippen LogP contribution is 2.30. The van der Waals surface area contributed by atoms with Crippen LogP contribution < -0.4 is 5.73 Å². The molecule has 0 aromatic heterocycles. The molecule has 0 saturated heterocycles. The molecular weight excluding hydrogens is 211 g/mol. The molecule has 0 bridgehead atoms. The van der Waals surface area contributed by atoms with E-state index in [1.807, 2.05) is 0 Å². The lowest BCUT2D eigenvalue weighted by molar-refractivity contribution is -0.137. The summed E-state index contributed by atoms with van der Waals surface area (Å²) >= 11 is 0. The molecule has 0 aliphatic carbocycles. The van der Waals surface area contributed by atoms with Gasteiger partial charge in [-0.3, -0.25) is 0 Å². The predicted octanol–water partition coefficient (Wildman–Crippen LogP) is 1.86. The summed E-state index contributed by atoms with van der Waals surface area (Å²) in [5, 5.41) is 8.66. The summed E-state index contributed by atoms with van der Waals surface area (Å²) in [4.78, 5) is 10.6. The van der Waals surface area contributed by atoms with E-state index in [0.717, 1.165) is 12.1 Å². The summed E-state index contributed by atoms with van der Waals surface area (Å²) in [5.41, 5.74) is 3.98. The summed E-state index contributed by atoms with van der Waals surface area (Å²) in [6.45, 7) is -0.111. The SMILES string of the molecule is NCc1ccc(C(F)(F)F)cc1C(=O)O. The molecule has 0 heterocycles. The van der Waals surface area contributed by atoms with Crippen LogP contribution in [0.15, 0.2) is 18.2 Å². The van der Waals surface area contributed by atoms with E-state index < -0.39 is 23.3 Å². The van der Waals surface area contributed by atoms with Crippen molar-refractivity contribution in [2.45, 2.75) is 12.7 Å². The number of rotatable bonds is 2. The van der Waals surface area contributed by atoms with Crippen molar-refractivity contribution in [3.63, 3.8) is 0 Å². The van der Waals surface area contributed by atoms with Crippen LogP contribution in [0.3, 0.4) is 0 Å². The number of hydrogen-bond acceptors (Lipinski definition) is 2. The number of halogens is 3. The Morgan fingerprint density at radius 2 is 2.00 bits per heavy atom. The lowest BCUT2D eigenvalue weighted by Gasteiger charge is -2.09. The van der Waals surface area contributed by atoms with Gasteiger partial charge in [0, 0.05) is 6.54 Å². The van der Waals surface area contributed by atoms with Crippen LogP contribution in [0.4, 0.5) is 13.2 Å². The maximum absolute atomic E-state index is 12.2. The molecule has 0 aliphatic rings. The Hall–Kier alpha value is -1.56. The third kappa shape index (κ3) is 2.47. The first-order valence-electron chi connectivity index (χ1n) is 3.99. The molecule has 0 aliphatic heterocycles. The molecular formula is C9H8F3NO2. The summed E-state index contributed by atoms with van der Waals surface area (Å²) in [6.07, 6.45) is -4.54. The standard InChI is InChI=1S/C9H8F3NO2/c10-9(11,12)6-2-1-5(4-13)7(3-6)8(14)15/h1-3H,4,13H2,(H,14,15). The topological polar surface area (TPSA) is 63.3 Å². The smallest absolute Gasteiger partial charge is 0.416 e. The number of nitrogens with two attached hydrogens (primary N) is 1. The van der Waals surface area contributed by atoms with Crippen LogP contribution in [0.5, 0.6) is 0 Å². The van der Waals surface area contributed by atoms with Crippen molar-refractivity contribution in [3.05, 3.63) is 34.9 Å². The molecule has 0 fully saturated rings. The monoisotopic (exact) mass is 219 g/mol. The molecule has 0 amide bonds. The van der Waals surface area contributed by atoms with Crippen LogP contribution in [-0.4, -0.2) is 11.1 Å². The summed E-state index contributed by atoms with van der Waals surface area (Å²) in [6, 6.07) is 2.48. The Morgan fingerprint density at radius 3 is 2.40 bits per heavy atom. The van der Waals surface area contributed by atoms with Gasteiger partial charge in [-0.15, -0.1) is 0 Å². The Kier molecular flexibility index (Phi) is 2.99. The first-order valence-corrected chi connectivity index (χ1v) is 3.99. The summed E-state index contributed by atoms with van der Waals surface area (Å²) in [5.74, 6) is -1.42. The normalized spacial score (nSPS) is 11.5. The number of hydrogen-bond donors (Lipinski definition) is 2. The zero-order chi connectivity index (χ0) is 11.6. The fraction of sp³-hybridized carbons (Fsp3) is 0.222. The molecule has 0 spiro atoms. The molecule has 0 unspecified atom stereocenters. The highest BCUT2D eigenvalue weighted by molar-refractivity contribution is 5.89. The number of carbonyl (C=O) groups is 1. The van der Waals surface area contributed by atoms with Gasteiger partial charge in [-0.05, 0) is 17.7 Å². The highest BCUT2D eigenvalue weighted by Gasteiger charge is 2.31. The van der Waals surface area contributed by atoms with Crippen molar-refractivity contribution in [2.75, 3.05) is 0 Å². The van der Waals surface area contributed by atoms with Gasteiger partial charge >= 0.3 is 12.1 Å². The van der Waals surface area contributed by atoms with Crippen molar-refractivity contribution < 1.29 is 23.1 Å². The van der Waals surface area contributed by atoms with Gasteiger partial charge in [0.15, 0.2) is 0 Å². The second-order valence-electron chi connectivity index (χ2n) is 2.88. The van der Waals surface area contributed by atoms with Gasteiger partial charge in [-0.1, -0.05) is 6.07 Å². The molecule has 6 heteroatoms. The maximum Gasteiger partial charge on any atom is 0.416 e. The van der Waals surface area contributed by atoms with E-state index >= 15 is 0 Å². The Morgan fingerprint density at radius 1 is 1.40 bits per heavy atom. The zero-order valence-electron chi connectivity index (χ0n) is 7.51. The molecule has 0 saturated carbocycles. The van der Waals surface area contributed by atoms with Crippen molar-refractivity contribution in [2.24, 2.45) is 5.73 Å². The summed E-state index contributed by atoms with van der Waals surface area (Å²) in [7, 11) is 0. The fourth-order valence-electron chi connectivity index (χ4n) is 1.13. The van der Waals surface area contributed by atoms with E-state index in [9.17, 15) is 18.0 Å². The van der Waals surface area contributed by atoms with E-state index in [-0.39, 0.29) is 12.1 Å². The zero-order valence-corrected chi connectivity index (χ0v) is 7.51. The van der Waals surface area contributed by atoms with Crippen molar-refractivity contribution in [1.29, 1.82) is 0 Å². The van der Waals surface area contributed by atoms with E-state index in [2.05, 4.69) is 0 Å². The molecule has 0 radical (unpaired) electrons. The molecule has 1 aromatic carbocycles. The van der Waals surface area contributed by atoms with Crippen molar-refractivity contribution in [1.82, 2.24) is 0 Å². The largest absolute Gasteiger partial charge is 0.478 e. The van der Waals surface area contributed by atoms with Crippen molar-refractivity contribution in [3.8, 4) is 0 Å². The third-order valence-electron chi connectivity index (χ3n) is 1.89. The minimum atomic E-state index is -4.54. The number of alkyl halides is 3. The van der Waals surface area contributed by atoms with Crippen molar-refractivity contribution >= 4 is 5.97 Å². The third-order valence-corrected chi connectivity index (χ3v) is 1.89. The van der Waals surface area contributed by atoms with Gasteiger partial charge in [-0.2, -0.15) is 13.2 Å². The number of carboxylic acid groups (broad SMARTS) is 1. The van der Waals surface area contributed by atoms with Gasteiger partial charge < -0.3 is 10.8 Å². The lowest BCUT2D eigenvalue weighted by Crippen LogP contribution is -2.11. The Balaban J connectivity index is 3.28. The molecule has 3 N–H and O–H groups in total.